The number of nitrogens with zero attached hydrogens (tertiary/aromatic N) is 8. The lowest BCUT2D eigenvalue weighted by atomic mass is 10.1. The number of rotatable bonds is 15. The Hall–Kier alpha value is -6.09. The number of carbonyl (C=O) groups excluding carboxylic acids is 4. The Morgan fingerprint density at radius 2 is 1.41 bits per heavy atom. The van der Waals surface area contributed by atoms with Crippen LogP contribution in [-0.4, -0.2) is 101 Å². The number of nitrogens with one attached hydrogen (secondary N) is 2. The van der Waals surface area contributed by atoms with Crippen molar-refractivity contribution in [3.8, 4) is 5.75 Å². The van der Waals surface area contributed by atoms with E-state index in [0.29, 0.717) is 68.9 Å². The molecule has 18 nitrogen and oxygen atoms in total. The van der Waals surface area contributed by atoms with Crippen LogP contribution in [0.1, 0.15) is 57.9 Å². The second-order valence-electron chi connectivity index (χ2n) is 12.9. The molecule has 0 unspecified atom stereocenters. The van der Waals surface area contributed by atoms with Gasteiger partial charge < -0.3 is 25.5 Å². The SMILES string of the molecule is Cc1cc(C(=O)Nc2nc3cc(C(N)=O)cnc3n2C/C=C/Cn2c(NC(=O)c3cc(C)ns3)nc3cc(C(N)=O)cc(OCCCN4CCOCC4)c32)sn1. The minimum Gasteiger partial charge on any atom is -0.491 e. The molecule has 0 aliphatic carbocycles. The van der Waals surface area contributed by atoms with Crippen molar-refractivity contribution in [2.45, 2.75) is 33.4 Å². The molecule has 290 valence electrons. The van der Waals surface area contributed by atoms with E-state index >= 15 is 0 Å². The van der Waals surface area contributed by atoms with Crippen molar-refractivity contribution in [1.82, 2.24) is 37.7 Å². The number of amides is 4. The Kier molecular flexibility index (Phi) is 11.4. The van der Waals surface area contributed by atoms with Gasteiger partial charge in [0.15, 0.2) is 5.65 Å². The van der Waals surface area contributed by atoms with Crippen LogP contribution in [0.2, 0.25) is 0 Å². The maximum Gasteiger partial charge on any atom is 0.269 e. The number of anilines is 2. The summed E-state index contributed by atoms with van der Waals surface area (Å²) in [7, 11) is 0. The monoisotopic (exact) mass is 798 g/mol. The number of aryl methyl sites for hydroxylation is 2. The molecule has 20 heteroatoms. The van der Waals surface area contributed by atoms with Gasteiger partial charge in [-0.25, -0.2) is 15.0 Å². The van der Waals surface area contributed by atoms with Crippen molar-refractivity contribution >= 4 is 80.8 Å². The van der Waals surface area contributed by atoms with Gasteiger partial charge in [-0.3, -0.25) is 39.3 Å². The van der Waals surface area contributed by atoms with E-state index in [-0.39, 0.29) is 36.1 Å². The topological polar surface area (TPSA) is 240 Å². The molecule has 1 aromatic carbocycles. The lowest BCUT2D eigenvalue weighted by molar-refractivity contribution is 0.0358. The highest BCUT2D eigenvalue weighted by Crippen LogP contribution is 2.32. The number of benzene rings is 1. The Morgan fingerprint density at radius 3 is 2.02 bits per heavy atom. The zero-order valence-corrected chi connectivity index (χ0v) is 32.1. The third-order valence-electron chi connectivity index (χ3n) is 8.84. The first-order chi connectivity index (χ1) is 27.0. The summed E-state index contributed by atoms with van der Waals surface area (Å²) in [6, 6.07) is 8.02. The molecular formula is C36H38N12O6S2. The molecule has 0 saturated carbocycles. The number of hydrogen-bond acceptors (Lipinski definition) is 14. The quantitative estimate of drug-likeness (QED) is 0.0864. The molecule has 1 aliphatic heterocycles. The number of hydrogen-bond donors (Lipinski definition) is 4. The molecule has 0 bridgehead atoms. The van der Waals surface area contributed by atoms with Crippen molar-refractivity contribution < 1.29 is 28.7 Å². The van der Waals surface area contributed by atoms with Gasteiger partial charge in [0.05, 0.1) is 42.3 Å². The fourth-order valence-corrected chi connectivity index (χ4v) is 7.40. The third kappa shape index (κ3) is 8.57. The zero-order valence-electron chi connectivity index (χ0n) is 30.5. The number of allylic oxidation sites excluding steroid dienone is 2. The van der Waals surface area contributed by atoms with E-state index in [2.05, 4.69) is 34.2 Å². The second kappa shape index (κ2) is 16.7. The fourth-order valence-electron chi connectivity index (χ4n) is 6.09. The highest BCUT2D eigenvalue weighted by Gasteiger charge is 2.22. The Morgan fingerprint density at radius 1 is 0.821 bits per heavy atom. The minimum atomic E-state index is -0.663. The number of pyridine rings is 1. The predicted molar refractivity (Wildman–Crippen MR) is 210 cm³/mol. The van der Waals surface area contributed by atoms with E-state index in [1.807, 2.05) is 12.2 Å². The first-order valence-electron chi connectivity index (χ1n) is 17.6. The first-order valence-corrected chi connectivity index (χ1v) is 19.2. The van der Waals surface area contributed by atoms with Gasteiger partial charge in [0, 0.05) is 44.5 Å². The van der Waals surface area contributed by atoms with Gasteiger partial charge in [-0.1, -0.05) is 12.2 Å². The van der Waals surface area contributed by atoms with E-state index < -0.39 is 23.6 Å². The van der Waals surface area contributed by atoms with Crippen LogP contribution in [0.4, 0.5) is 11.9 Å². The molecule has 6 heterocycles. The molecule has 4 amide bonds. The Balaban J connectivity index is 1.20. The van der Waals surface area contributed by atoms with Crippen molar-refractivity contribution in [3.05, 3.63) is 80.9 Å². The maximum absolute atomic E-state index is 13.4. The number of nitrogens with two attached hydrogens (primary N) is 2. The number of fused-ring (bicyclic) bond motifs is 2. The Labute approximate surface area is 327 Å². The van der Waals surface area contributed by atoms with Gasteiger partial charge in [0.2, 0.25) is 23.7 Å². The molecular weight excluding hydrogens is 761 g/mol. The molecule has 0 radical (unpaired) electrons. The van der Waals surface area contributed by atoms with E-state index in [1.54, 1.807) is 47.2 Å². The summed E-state index contributed by atoms with van der Waals surface area (Å²) in [5.41, 5.74) is 14.7. The summed E-state index contributed by atoms with van der Waals surface area (Å²) < 4.78 is 23.6. The zero-order chi connectivity index (χ0) is 39.3. The smallest absolute Gasteiger partial charge is 0.269 e. The van der Waals surface area contributed by atoms with Crippen LogP contribution >= 0.6 is 23.1 Å². The summed E-state index contributed by atoms with van der Waals surface area (Å²) in [6.45, 7) is 8.23. The number of ether oxygens (including phenoxy) is 2. The number of aromatic nitrogens is 7. The molecule has 1 saturated heterocycles. The van der Waals surface area contributed by atoms with Crippen LogP contribution in [-0.2, 0) is 17.8 Å². The summed E-state index contributed by atoms with van der Waals surface area (Å²) in [5, 5.41) is 5.74. The van der Waals surface area contributed by atoms with Crippen LogP contribution < -0.4 is 26.8 Å². The summed E-state index contributed by atoms with van der Waals surface area (Å²) in [4.78, 5) is 67.6. The largest absolute Gasteiger partial charge is 0.491 e. The van der Waals surface area contributed by atoms with Gasteiger partial charge >= 0.3 is 0 Å². The van der Waals surface area contributed by atoms with Gasteiger partial charge in [-0.15, -0.1) is 0 Å². The third-order valence-corrected chi connectivity index (χ3v) is 10.6. The van der Waals surface area contributed by atoms with E-state index in [1.165, 1.54) is 12.3 Å². The molecule has 56 heavy (non-hydrogen) atoms. The first kappa shape index (κ1) is 38.2. The molecule has 0 spiro atoms. The van der Waals surface area contributed by atoms with Gasteiger partial charge in [0.25, 0.3) is 11.8 Å². The predicted octanol–water partition coefficient (Wildman–Crippen LogP) is 3.37. The van der Waals surface area contributed by atoms with E-state index in [4.69, 9.17) is 25.9 Å². The second-order valence-corrected chi connectivity index (χ2v) is 14.5. The van der Waals surface area contributed by atoms with E-state index in [0.717, 1.165) is 49.1 Å². The van der Waals surface area contributed by atoms with E-state index in [9.17, 15) is 19.2 Å². The van der Waals surface area contributed by atoms with Gasteiger partial charge in [0.1, 0.15) is 26.5 Å². The minimum absolute atomic E-state index is 0.169. The van der Waals surface area contributed by atoms with Gasteiger partial charge in [-0.2, -0.15) is 8.75 Å². The number of primary amides is 2. The molecule has 0 atom stereocenters. The highest BCUT2D eigenvalue weighted by atomic mass is 32.1. The van der Waals surface area contributed by atoms with Crippen LogP contribution in [0.5, 0.6) is 5.75 Å². The number of carbonyl (C=O) groups is 4. The van der Waals surface area contributed by atoms with Crippen molar-refractivity contribution in [3.63, 3.8) is 0 Å². The van der Waals surface area contributed by atoms with Crippen LogP contribution in [0.25, 0.3) is 22.2 Å². The van der Waals surface area contributed by atoms with Crippen LogP contribution in [0.15, 0.2) is 48.7 Å². The summed E-state index contributed by atoms with van der Waals surface area (Å²) in [6.07, 6.45) is 5.76. The lowest BCUT2D eigenvalue weighted by Crippen LogP contribution is -2.37. The maximum atomic E-state index is 13.4. The number of morpholine rings is 1. The average molecular weight is 799 g/mol. The molecule has 1 fully saturated rings. The summed E-state index contributed by atoms with van der Waals surface area (Å²) in [5.74, 6) is -1.33. The highest BCUT2D eigenvalue weighted by molar-refractivity contribution is 7.08. The van der Waals surface area contributed by atoms with Crippen LogP contribution in [0.3, 0.4) is 0 Å². The molecule has 6 aromatic rings. The van der Waals surface area contributed by atoms with Crippen LogP contribution in [0, 0.1) is 13.8 Å². The lowest BCUT2D eigenvalue weighted by Gasteiger charge is -2.26. The normalized spacial score (nSPS) is 13.5. The fraction of sp³-hybridized carbons (Fsp3) is 0.306. The molecule has 7 rings (SSSR count). The number of imidazole rings is 2. The molecule has 6 N–H and O–H groups in total. The van der Waals surface area contributed by atoms with Gasteiger partial charge in [-0.05, 0) is 73.7 Å². The standard InChI is InChI=1S/C36H38N12O6S2/c1-20-14-27(55-44-20)33(51)42-35-40-24-16-22(30(37)49)18-26(54-11-5-6-46-9-12-53-13-10-46)29(24)47(35)7-3-4-8-48-32-25(17-23(19-39-32)31(38)50)41-36(48)43-34(52)28-15-21(2)45-56-28/h3-4,14-19H,5-13H2,1-2H3,(H2,37,49)(H2,38,50)(H,40,42,51)(H,41,43,52)/b4-3+. The molecule has 1 aliphatic rings. The van der Waals surface area contributed by atoms with Crippen molar-refractivity contribution in [1.29, 1.82) is 0 Å². The average Bonchev–Trinajstić information content (AvgIpc) is 3.97. The Bertz CT molecular complexity index is 2480. The summed E-state index contributed by atoms with van der Waals surface area (Å²) >= 11 is 2.13. The van der Waals surface area contributed by atoms with Crippen molar-refractivity contribution in [2.75, 3.05) is 50.1 Å². The molecule has 5 aromatic heterocycles. The van der Waals surface area contributed by atoms with Crippen molar-refractivity contribution in [2.24, 2.45) is 11.5 Å².